The lowest BCUT2D eigenvalue weighted by molar-refractivity contribution is 0.0662. The summed E-state index contributed by atoms with van der Waals surface area (Å²) < 4.78 is 30.4. The van der Waals surface area contributed by atoms with Gasteiger partial charge in [0.2, 0.25) is 0 Å². The highest BCUT2D eigenvalue weighted by Crippen LogP contribution is 2.39. The quantitative estimate of drug-likeness (QED) is 0.638. The van der Waals surface area contributed by atoms with Crippen molar-refractivity contribution in [2.75, 3.05) is 57.3 Å². The van der Waals surface area contributed by atoms with Crippen LogP contribution in [0.4, 0.5) is 14.5 Å². The first-order valence-electron chi connectivity index (χ1n) is 14.3. The number of anilines is 1. The molecule has 4 aliphatic rings. The third-order valence-electron chi connectivity index (χ3n) is 8.64. The number of amidine groups is 1. The summed E-state index contributed by atoms with van der Waals surface area (Å²) in [7, 11) is 1.81. The molecule has 0 bridgehead atoms. The SMILES string of the molecule is Cn1cc(-c2cc3c(cc2C(F)F)N(/C2=N/N(C4CCN(C5CNC5)CC4)CCCNCC2)CCC3)cn1. The monoisotopic (exact) mass is 526 g/mol. The Balaban J connectivity index is 1.30. The number of fused-ring (bicyclic) bond motifs is 1. The van der Waals surface area contributed by atoms with E-state index in [2.05, 4.69) is 30.5 Å². The molecule has 5 heterocycles. The Kier molecular flexibility index (Phi) is 7.63. The lowest BCUT2D eigenvalue weighted by atomic mass is 9.93. The molecule has 8 nitrogen and oxygen atoms in total. The molecule has 0 spiro atoms. The largest absolute Gasteiger partial charge is 0.328 e. The van der Waals surface area contributed by atoms with Crippen molar-refractivity contribution in [3.8, 4) is 11.1 Å². The van der Waals surface area contributed by atoms with Crippen LogP contribution in [0.15, 0.2) is 29.6 Å². The predicted octanol–water partition coefficient (Wildman–Crippen LogP) is 3.21. The molecule has 6 rings (SSSR count). The van der Waals surface area contributed by atoms with Crippen molar-refractivity contribution in [3.63, 3.8) is 0 Å². The molecule has 2 N–H and O–H groups in total. The number of halogens is 2. The minimum absolute atomic E-state index is 0.0696. The van der Waals surface area contributed by atoms with E-state index in [4.69, 9.17) is 5.10 Å². The van der Waals surface area contributed by atoms with Gasteiger partial charge in [0.1, 0.15) is 5.84 Å². The van der Waals surface area contributed by atoms with Gasteiger partial charge < -0.3 is 15.5 Å². The van der Waals surface area contributed by atoms with E-state index in [0.29, 0.717) is 17.6 Å². The van der Waals surface area contributed by atoms with E-state index in [0.717, 1.165) is 114 Å². The minimum atomic E-state index is -2.56. The Hall–Kier alpha value is -2.56. The fraction of sp³-hybridized carbons (Fsp3) is 0.643. The number of hydrogen-bond acceptors (Lipinski definition) is 7. The number of piperidine rings is 1. The van der Waals surface area contributed by atoms with Crippen LogP contribution in [-0.2, 0) is 13.5 Å². The first-order chi connectivity index (χ1) is 18.6. The topological polar surface area (TPSA) is 64.0 Å². The Morgan fingerprint density at radius 1 is 0.947 bits per heavy atom. The lowest BCUT2D eigenvalue weighted by Gasteiger charge is -2.44. The van der Waals surface area contributed by atoms with Crippen molar-refractivity contribution in [1.82, 2.24) is 30.3 Å². The summed E-state index contributed by atoms with van der Waals surface area (Å²) in [5.41, 5.74) is 3.40. The second-order valence-corrected chi connectivity index (χ2v) is 11.1. The van der Waals surface area contributed by atoms with Gasteiger partial charge in [-0.2, -0.15) is 10.2 Å². The number of benzene rings is 1. The average Bonchev–Trinajstić information content (AvgIpc) is 3.37. The lowest BCUT2D eigenvalue weighted by Crippen LogP contribution is -2.59. The number of aryl methyl sites for hydroxylation is 2. The van der Waals surface area contributed by atoms with E-state index < -0.39 is 6.43 Å². The molecule has 206 valence electrons. The van der Waals surface area contributed by atoms with Gasteiger partial charge in [0.05, 0.1) is 6.20 Å². The Morgan fingerprint density at radius 2 is 1.79 bits per heavy atom. The van der Waals surface area contributed by atoms with Gasteiger partial charge in [0.15, 0.2) is 0 Å². The molecule has 38 heavy (non-hydrogen) atoms. The van der Waals surface area contributed by atoms with Gasteiger partial charge in [0, 0.05) is 94.4 Å². The molecule has 2 saturated heterocycles. The van der Waals surface area contributed by atoms with E-state index in [-0.39, 0.29) is 5.56 Å². The van der Waals surface area contributed by atoms with E-state index >= 15 is 0 Å². The molecule has 0 radical (unpaired) electrons. The van der Waals surface area contributed by atoms with Crippen LogP contribution in [0.3, 0.4) is 0 Å². The van der Waals surface area contributed by atoms with Crippen molar-refractivity contribution in [3.05, 3.63) is 35.7 Å². The third kappa shape index (κ3) is 5.31. The van der Waals surface area contributed by atoms with Crippen LogP contribution in [0.2, 0.25) is 0 Å². The van der Waals surface area contributed by atoms with Crippen molar-refractivity contribution < 1.29 is 8.78 Å². The van der Waals surface area contributed by atoms with Crippen LogP contribution in [0, 0.1) is 0 Å². The molecule has 2 aromatic rings. The van der Waals surface area contributed by atoms with Crippen molar-refractivity contribution >= 4 is 11.5 Å². The molecule has 0 unspecified atom stereocenters. The third-order valence-corrected chi connectivity index (χ3v) is 8.64. The number of alkyl halides is 2. The number of hydrogen-bond donors (Lipinski definition) is 2. The van der Waals surface area contributed by atoms with Gasteiger partial charge in [-0.05, 0) is 61.9 Å². The summed E-state index contributed by atoms with van der Waals surface area (Å²) in [6, 6.07) is 4.82. The summed E-state index contributed by atoms with van der Waals surface area (Å²) in [5, 5.41) is 18.8. The number of nitrogens with zero attached hydrogens (tertiary/aromatic N) is 6. The van der Waals surface area contributed by atoms with E-state index in [1.807, 2.05) is 19.3 Å². The zero-order valence-electron chi connectivity index (χ0n) is 22.4. The van der Waals surface area contributed by atoms with Crippen LogP contribution >= 0.6 is 0 Å². The highest BCUT2D eigenvalue weighted by molar-refractivity contribution is 5.99. The first-order valence-corrected chi connectivity index (χ1v) is 14.3. The maximum absolute atomic E-state index is 14.4. The molecule has 1 aromatic heterocycles. The molecule has 2 fully saturated rings. The van der Waals surface area contributed by atoms with Crippen LogP contribution in [0.25, 0.3) is 11.1 Å². The Bertz CT molecular complexity index is 1140. The summed E-state index contributed by atoms with van der Waals surface area (Å²) in [6.45, 7) is 8.03. The molecular weight excluding hydrogens is 486 g/mol. The second-order valence-electron chi connectivity index (χ2n) is 11.1. The van der Waals surface area contributed by atoms with Gasteiger partial charge in [0.25, 0.3) is 6.43 Å². The highest BCUT2D eigenvalue weighted by Gasteiger charge is 2.32. The highest BCUT2D eigenvalue weighted by atomic mass is 19.3. The zero-order valence-corrected chi connectivity index (χ0v) is 22.4. The van der Waals surface area contributed by atoms with Crippen molar-refractivity contribution in [2.45, 2.75) is 57.0 Å². The second kappa shape index (κ2) is 11.3. The number of aromatic nitrogens is 2. The normalized spacial score (nSPS) is 23.8. The smallest absolute Gasteiger partial charge is 0.264 e. The van der Waals surface area contributed by atoms with Crippen molar-refractivity contribution in [2.24, 2.45) is 12.1 Å². The van der Waals surface area contributed by atoms with E-state index in [9.17, 15) is 8.78 Å². The number of hydrazone groups is 1. The maximum atomic E-state index is 14.4. The molecule has 0 saturated carbocycles. The van der Waals surface area contributed by atoms with Crippen LogP contribution in [-0.4, -0.2) is 90.0 Å². The summed E-state index contributed by atoms with van der Waals surface area (Å²) in [6.07, 6.45) is 6.89. The first kappa shape index (κ1) is 25.7. The van der Waals surface area contributed by atoms with Crippen LogP contribution < -0.4 is 15.5 Å². The van der Waals surface area contributed by atoms with Crippen molar-refractivity contribution in [1.29, 1.82) is 0 Å². The van der Waals surface area contributed by atoms with Crippen LogP contribution in [0.5, 0.6) is 0 Å². The Morgan fingerprint density at radius 3 is 2.50 bits per heavy atom. The van der Waals surface area contributed by atoms with E-state index in [1.165, 1.54) is 0 Å². The molecule has 0 atom stereocenters. The average molecular weight is 527 g/mol. The van der Waals surface area contributed by atoms with E-state index in [1.54, 1.807) is 16.9 Å². The fourth-order valence-corrected chi connectivity index (χ4v) is 6.38. The summed E-state index contributed by atoms with van der Waals surface area (Å²) in [5.74, 6) is 1.00. The number of likely N-dealkylation sites (tertiary alicyclic amines) is 1. The zero-order chi connectivity index (χ0) is 26.1. The number of nitrogens with one attached hydrogen (secondary N) is 2. The predicted molar refractivity (Wildman–Crippen MR) is 147 cm³/mol. The summed E-state index contributed by atoms with van der Waals surface area (Å²) in [4.78, 5) is 4.86. The number of rotatable bonds is 4. The Labute approximate surface area is 224 Å². The molecule has 4 aliphatic heterocycles. The van der Waals surface area contributed by atoms with Gasteiger partial charge in [-0.25, -0.2) is 8.78 Å². The standard InChI is InChI=1S/C28H40F2N8/c1-35-19-21(16-33-35)24-14-20-4-2-10-37(26(20)15-25(24)28(29)30)27-5-9-31-8-3-11-38(34-27)22-6-12-36(13-7-22)23-17-32-18-23/h14-16,19,22-23,28,31-32H,2-13,17-18H2,1H3/b34-27+. The molecule has 1 aromatic carbocycles. The fourth-order valence-electron chi connectivity index (χ4n) is 6.38. The van der Waals surface area contributed by atoms with Crippen LogP contribution in [0.1, 0.15) is 49.7 Å². The minimum Gasteiger partial charge on any atom is -0.328 e. The molecule has 10 heteroatoms. The molecular formula is C28H40F2N8. The summed E-state index contributed by atoms with van der Waals surface area (Å²) >= 11 is 0. The molecule has 0 amide bonds. The van der Waals surface area contributed by atoms with Gasteiger partial charge in [-0.15, -0.1) is 0 Å². The maximum Gasteiger partial charge on any atom is 0.264 e. The van der Waals surface area contributed by atoms with Gasteiger partial charge in [-0.3, -0.25) is 14.6 Å². The molecule has 0 aliphatic carbocycles. The van der Waals surface area contributed by atoms with Gasteiger partial charge in [-0.1, -0.05) is 0 Å². The van der Waals surface area contributed by atoms with Gasteiger partial charge >= 0.3 is 0 Å².